The lowest BCUT2D eigenvalue weighted by Crippen LogP contribution is -2.67. The monoisotopic (exact) mass is 414 g/mol. The number of fused-ring (bicyclic) bond motifs is 3. The van der Waals surface area contributed by atoms with Crippen molar-refractivity contribution in [3.05, 3.63) is 34.9 Å². The number of allylic oxidation sites excluding steroid dienone is 4. The van der Waals surface area contributed by atoms with Crippen molar-refractivity contribution in [1.29, 1.82) is 0 Å². The highest BCUT2D eigenvalue weighted by atomic mass is 16.6. The fourth-order valence-corrected chi connectivity index (χ4v) is 5.98. The second-order valence-electron chi connectivity index (χ2n) is 9.93. The quantitative estimate of drug-likeness (QED) is 0.498. The topological polar surface area (TPSA) is 69.7 Å². The second-order valence-corrected chi connectivity index (χ2v) is 9.93. The second kappa shape index (κ2) is 7.51. The number of carbonyl (C=O) groups is 3. The lowest BCUT2D eigenvalue weighted by molar-refractivity contribution is -0.202. The van der Waals surface area contributed by atoms with Gasteiger partial charge in [0.15, 0.2) is 5.78 Å². The third-order valence-electron chi connectivity index (χ3n) is 8.04. The van der Waals surface area contributed by atoms with Crippen molar-refractivity contribution in [2.45, 2.75) is 74.0 Å². The number of esters is 2. The molecule has 3 fully saturated rings. The van der Waals surface area contributed by atoms with E-state index in [0.29, 0.717) is 17.6 Å². The van der Waals surface area contributed by atoms with Gasteiger partial charge in [-0.15, -0.1) is 0 Å². The van der Waals surface area contributed by atoms with Crippen molar-refractivity contribution in [2.24, 2.45) is 28.6 Å². The summed E-state index contributed by atoms with van der Waals surface area (Å²) in [6.07, 6.45) is 4.62. The van der Waals surface area contributed by atoms with Crippen LogP contribution >= 0.6 is 0 Å². The fourth-order valence-electron chi connectivity index (χ4n) is 5.98. The summed E-state index contributed by atoms with van der Waals surface area (Å²) in [5.74, 6) is -0.722. The average molecular weight is 415 g/mol. The Morgan fingerprint density at radius 3 is 1.93 bits per heavy atom. The largest absolute Gasteiger partial charge is 0.458 e. The van der Waals surface area contributed by atoms with Crippen LogP contribution in [0.4, 0.5) is 0 Å². The minimum Gasteiger partial charge on any atom is -0.458 e. The Balaban J connectivity index is 2.06. The summed E-state index contributed by atoms with van der Waals surface area (Å²) in [5.41, 5.74) is 1.18. The van der Waals surface area contributed by atoms with Gasteiger partial charge in [-0.1, -0.05) is 38.5 Å². The van der Waals surface area contributed by atoms with Gasteiger partial charge in [0.05, 0.1) is 0 Å². The summed E-state index contributed by atoms with van der Waals surface area (Å²) >= 11 is 0. The minimum atomic E-state index is -0.510. The average Bonchev–Trinajstić information content (AvgIpc) is 2.78. The van der Waals surface area contributed by atoms with Crippen molar-refractivity contribution in [1.82, 2.24) is 0 Å². The van der Waals surface area contributed by atoms with Gasteiger partial charge in [-0.05, 0) is 52.5 Å². The van der Waals surface area contributed by atoms with Crippen LogP contribution in [0.1, 0.15) is 61.8 Å². The van der Waals surface area contributed by atoms with E-state index in [-0.39, 0.29) is 35.5 Å². The molecule has 0 spiro atoms. The molecule has 4 bridgehead atoms. The first-order chi connectivity index (χ1) is 13.9. The van der Waals surface area contributed by atoms with Gasteiger partial charge in [-0.3, -0.25) is 4.79 Å². The van der Waals surface area contributed by atoms with Crippen molar-refractivity contribution in [3.63, 3.8) is 0 Å². The van der Waals surface area contributed by atoms with E-state index in [9.17, 15) is 14.4 Å². The molecule has 0 aliphatic heterocycles. The SMILES string of the molecule is C/C=C(/C)C(=O)O[C@@H]1C[C@@H](OC(=O)/C(C)=C\C)[C@@]2(C)C3C(=O)C=C(C)C2C3C1(C)C. The third-order valence-corrected chi connectivity index (χ3v) is 8.04. The predicted octanol–water partition coefficient (Wildman–Crippen LogP) is 4.57. The molecule has 0 amide bonds. The van der Waals surface area contributed by atoms with E-state index in [2.05, 4.69) is 20.8 Å². The van der Waals surface area contributed by atoms with Gasteiger partial charge < -0.3 is 9.47 Å². The molecule has 0 aromatic rings. The predicted molar refractivity (Wildman–Crippen MR) is 114 cm³/mol. The highest BCUT2D eigenvalue weighted by Crippen LogP contribution is 2.72. The van der Waals surface area contributed by atoms with Crippen LogP contribution in [0, 0.1) is 28.6 Å². The molecule has 4 aliphatic carbocycles. The molecule has 6 atom stereocenters. The molecule has 164 valence electrons. The van der Waals surface area contributed by atoms with E-state index < -0.39 is 23.0 Å². The molecule has 5 heteroatoms. The third kappa shape index (κ3) is 3.09. The van der Waals surface area contributed by atoms with E-state index in [4.69, 9.17) is 9.47 Å². The van der Waals surface area contributed by atoms with Gasteiger partial charge in [-0.25, -0.2) is 9.59 Å². The molecule has 0 aromatic carbocycles. The van der Waals surface area contributed by atoms with Crippen LogP contribution in [0.2, 0.25) is 0 Å². The minimum absolute atomic E-state index is 0.0511. The van der Waals surface area contributed by atoms with Crippen LogP contribution < -0.4 is 0 Å². The van der Waals surface area contributed by atoms with Crippen LogP contribution in [0.5, 0.6) is 0 Å². The van der Waals surface area contributed by atoms with Crippen LogP contribution in [0.3, 0.4) is 0 Å². The van der Waals surface area contributed by atoms with Gasteiger partial charge in [0, 0.05) is 34.3 Å². The zero-order valence-electron chi connectivity index (χ0n) is 19.4. The maximum Gasteiger partial charge on any atom is 0.333 e. The van der Waals surface area contributed by atoms with Crippen molar-refractivity contribution in [2.75, 3.05) is 0 Å². The Labute approximate surface area is 179 Å². The molecule has 4 rings (SSSR count). The Morgan fingerprint density at radius 2 is 1.47 bits per heavy atom. The molecular formula is C25H34O5. The fraction of sp³-hybridized carbons (Fsp3) is 0.640. The van der Waals surface area contributed by atoms with Gasteiger partial charge in [0.25, 0.3) is 0 Å². The maximum atomic E-state index is 13.1. The first-order valence-electron chi connectivity index (χ1n) is 10.8. The van der Waals surface area contributed by atoms with Crippen LogP contribution in [-0.2, 0) is 23.9 Å². The van der Waals surface area contributed by atoms with Gasteiger partial charge >= 0.3 is 11.9 Å². The summed E-state index contributed by atoms with van der Waals surface area (Å²) in [6, 6.07) is 0. The number of ketones is 1. The Bertz CT molecular complexity index is 874. The smallest absolute Gasteiger partial charge is 0.333 e. The molecule has 0 saturated heterocycles. The lowest BCUT2D eigenvalue weighted by Gasteiger charge is -2.65. The molecule has 4 aliphatic rings. The molecular weight excluding hydrogens is 380 g/mol. The zero-order valence-corrected chi connectivity index (χ0v) is 19.4. The molecule has 0 radical (unpaired) electrons. The van der Waals surface area contributed by atoms with Crippen LogP contribution in [-0.4, -0.2) is 29.9 Å². The van der Waals surface area contributed by atoms with Crippen molar-refractivity contribution in [3.8, 4) is 0 Å². The summed E-state index contributed by atoms with van der Waals surface area (Å²) in [6.45, 7) is 15.3. The Kier molecular flexibility index (Phi) is 5.63. The zero-order chi connectivity index (χ0) is 22.6. The number of ether oxygens (including phenoxy) is 2. The van der Waals surface area contributed by atoms with Crippen LogP contribution in [0.15, 0.2) is 34.9 Å². The molecule has 5 nitrogen and oxygen atoms in total. The maximum absolute atomic E-state index is 13.1. The molecule has 0 aromatic heterocycles. The lowest BCUT2D eigenvalue weighted by atomic mass is 9.37. The number of hydrogen-bond acceptors (Lipinski definition) is 5. The van der Waals surface area contributed by atoms with Crippen molar-refractivity contribution < 1.29 is 23.9 Å². The number of hydrogen-bond donors (Lipinski definition) is 0. The normalized spacial score (nSPS) is 37.5. The molecule has 30 heavy (non-hydrogen) atoms. The summed E-state index contributed by atoms with van der Waals surface area (Å²) < 4.78 is 12.0. The van der Waals surface area contributed by atoms with E-state index in [1.54, 1.807) is 45.9 Å². The van der Waals surface area contributed by atoms with Gasteiger partial charge in [0.2, 0.25) is 0 Å². The molecule has 0 heterocycles. The van der Waals surface area contributed by atoms with Gasteiger partial charge in [-0.2, -0.15) is 0 Å². The Morgan fingerprint density at radius 1 is 0.967 bits per heavy atom. The van der Waals surface area contributed by atoms with Crippen molar-refractivity contribution >= 4 is 17.7 Å². The molecule has 0 N–H and O–H groups in total. The van der Waals surface area contributed by atoms with E-state index in [1.165, 1.54) is 0 Å². The summed E-state index contributed by atoms with van der Waals surface area (Å²) in [4.78, 5) is 38.4. The number of carbonyl (C=O) groups excluding carboxylic acids is 3. The number of rotatable bonds is 4. The van der Waals surface area contributed by atoms with E-state index >= 15 is 0 Å². The first-order valence-corrected chi connectivity index (χ1v) is 10.8. The standard InChI is InChI=1S/C25H34O5/c1-9-13(3)22(27)29-17-12-18(30-23(28)14(4)10-2)25(8)19-15(5)11-16(26)20(25)21(19)24(17,6)7/h9-11,17-21H,12H2,1-8H3/b13-9-,14-10-/t17-,18-,19?,20?,21?,25-/m1/s1. The molecule has 3 unspecified atom stereocenters. The highest BCUT2D eigenvalue weighted by molar-refractivity contribution is 5.97. The molecule has 3 saturated carbocycles. The Hall–Kier alpha value is -2.17. The van der Waals surface area contributed by atoms with E-state index in [0.717, 1.165) is 5.57 Å². The highest BCUT2D eigenvalue weighted by Gasteiger charge is 2.74. The summed E-state index contributed by atoms with van der Waals surface area (Å²) in [7, 11) is 0. The van der Waals surface area contributed by atoms with Gasteiger partial charge in [0.1, 0.15) is 12.2 Å². The summed E-state index contributed by atoms with van der Waals surface area (Å²) in [5, 5.41) is 0. The first kappa shape index (κ1) is 22.5. The van der Waals surface area contributed by atoms with Crippen LogP contribution in [0.25, 0.3) is 0 Å². The van der Waals surface area contributed by atoms with E-state index in [1.807, 2.05) is 6.92 Å².